The smallest absolute Gasteiger partial charge is 0.337 e. The van der Waals surface area contributed by atoms with Crippen molar-refractivity contribution in [2.24, 2.45) is 0 Å². The van der Waals surface area contributed by atoms with E-state index in [1.54, 1.807) is 48.5 Å². The van der Waals surface area contributed by atoms with Crippen LogP contribution in [0.2, 0.25) is 0 Å². The highest BCUT2D eigenvalue weighted by molar-refractivity contribution is 5.94. The van der Waals surface area contributed by atoms with Gasteiger partial charge in [-0.3, -0.25) is 4.79 Å². The molecule has 0 aliphatic heterocycles. The molecule has 0 spiro atoms. The van der Waals surface area contributed by atoms with Crippen LogP contribution in [0, 0.1) is 18.3 Å². The van der Waals surface area contributed by atoms with Crippen LogP contribution in [-0.4, -0.2) is 11.1 Å². The number of rotatable bonds is 5. The molecule has 32 heavy (non-hydrogen) atoms. The Kier molecular flexibility index (Phi) is 5.48. The average Bonchev–Trinajstić information content (AvgIpc) is 2.79. The van der Waals surface area contributed by atoms with E-state index in [-0.39, 0.29) is 17.0 Å². The van der Waals surface area contributed by atoms with Gasteiger partial charge in [-0.25, -0.2) is 4.79 Å². The lowest BCUT2D eigenvalue weighted by molar-refractivity contribution is 0.0698. The zero-order valence-electron chi connectivity index (χ0n) is 17.5. The zero-order chi connectivity index (χ0) is 22.8. The van der Waals surface area contributed by atoms with Gasteiger partial charge in [0.05, 0.1) is 28.6 Å². The van der Waals surface area contributed by atoms with Gasteiger partial charge in [0.15, 0.2) is 5.43 Å². The number of nitriles is 1. The molecule has 6 heteroatoms. The van der Waals surface area contributed by atoms with Crippen LogP contribution in [0.1, 0.15) is 40.0 Å². The summed E-state index contributed by atoms with van der Waals surface area (Å²) in [6, 6.07) is 20.4. The molecule has 0 aliphatic carbocycles. The molecule has 1 atom stereocenters. The van der Waals surface area contributed by atoms with Crippen LogP contribution < -0.4 is 10.7 Å². The molecular formula is C26H20N2O4. The van der Waals surface area contributed by atoms with Crippen LogP contribution in [0.25, 0.3) is 22.3 Å². The Morgan fingerprint density at radius 2 is 1.88 bits per heavy atom. The number of aromatic carboxylic acids is 1. The Hall–Kier alpha value is -4.37. The van der Waals surface area contributed by atoms with Crippen LogP contribution in [0.5, 0.6) is 0 Å². The number of anilines is 1. The van der Waals surface area contributed by atoms with Crippen LogP contribution in [0.15, 0.2) is 75.9 Å². The monoisotopic (exact) mass is 424 g/mol. The average molecular weight is 424 g/mol. The van der Waals surface area contributed by atoms with E-state index < -0.39 is 5.97 Å². The molecule has 1 heterocycles. The van der Waals surface area contributed by atoms with Crippen LogP contribution >= 0.6 is 0 Å². The van der Waals surface area contributed by atoms with Crippen molar-refractivity contribution in [1.82, 2.24) is 0 Å². The van der Waals surface area contributed by atoms with Crippen molar-refractivity contribution in [3.05, 3.63) is 99.2 Å². The van der Waals surface area contributed by atoms with Gasteiger partial charge in [-0.05, 0) is 49.7 Å². The van der Waals surface area contributed by atoms with Gasteiger partial charge in [-0.2, -0.15) is 5.26 Å². The summed E-state index contributed by atoms with van der Waals surface area (Å²) in [6.07, 6.45) is 0. The summed E-state index contributed by atoms with van der Waals surface area (Å²) in [6.45, 7) is 3.78. The molecule has 4 aromatic rings. The van der Waals surface area contributed by atoms with Gasteiger partial charge in [0, 0.05) is 22.9 Å². The number of nitrogens with one attached hydrogen (secondary N) is 1. The molecule has 0 amide bonds. The highest BCUT2D eigenvalue weighted by Gasteiger charge is 2.18. The Morgan fingerprint density at radius 1 is 1.09 bits per heavy atom. The maximum atomic E-state index is 12.9. The minimum absolute atomic E-state index is 0.159. The molecule has 0 saturated carbocycles. The molecule has 2 N–H and O–H groups in total. The van der Waals surface area contributed by atoms with Crippen molar-refractivity contribution < 1.29 is 14.3 Å². The van der Waals surface area contributed by atoms with Crippen LogP contribution in [0.4, 0.5) is 5.69 Å². The lowest BCUT2D eigenvalue weighted by Gasteiger charge is -2.19. The standard InChI is InChI=1S/C26H20N2O4/c1-15-10-20(16(2)28-22-9-4-3-8-19(22)26(30)31)25-21(11-15)23(29)13-24(32-25)18-7-5-6-17(12-18)14-27/h3-13,16,28H,1-2H3,(H,30,31). The molecule has 1 aromatic heterocycles. The second-order valence-electron chi connectivity index (χ2n) is 7.62. The minimum Gasteiger partial charge on any atom is -0.478 e. The van der Waals surface area contributed by atoms with E-state index in [0.717, 1.165) is 11.1 Å². The molecule has 0 radical (unpaired) electrons. The zero-order valence-corrected chi connectivity index (χ0v) is 17.5. The first-order chi connectivity index (χ1) is 15.4. The molecular weight excluding hydrogens is 404 g/mol. The highest BCUT2D eigenvalue weighted by atomic mass is 16.4. The van der Waals surface area contributed by atoms with Gasteiger partial charge >= 0.3 is 5.97 Å². The molecule has 0 fully saturated rings. The van der Waals surface area contributed by atoms with E-state index >= 15 is 0 Å². The van der Waals surface area contributed by atoms with Crippen molar-refractivity contribution in [3.63, 3.8) is 0 Å². The number of nitrogens with zero attached hydrogens (tertiary/aromatic N) is 1. The number of hydrogen-bond donors (Lipinski definition) is 2. The fourth-order valence-electron chi connectivity index (χ4n) is 3.75. The largest absolute Gasteiger partial charge is 0.478 e. The lowest BCUT2D eigenvalue weighted by Crippen LogP contribution is -2.12. The third-order valence-corrected chi connectivity index (χ3v) is 5.27. The van der Waals surface area contributed by atoms with Crippen LogP contribution in [-0.2, 0) is 0 Å². The number of aryl methyl sites for hydroxylation is 1. The van der Waals surface area contributed by atoms with Crippen molar-refractivity contribution in [2.45, 2.75) is 19.9 Å². The Bertz CT molecular complexity index is 1450. The molecule has 3 aromatic carbocycles. The summed E-state index contributed by atoms with van der Waals surface area (Å²) < 4.78 is 6.19. The number of carbonyl (C=O) groups is 1. The SMILES string of the molecule is Cc1cc(C(C)Nc2ccccc2C(=O)O)c2oc(-c3cccc(C#N)c3)cc(=O)c2c1. The minimum atomic E-state index is -1.03. The summed E-state index contributed by atoms with van der Waals surface area (Å²) in [5, 5.41) is 22.4. The van der Waals surface area contributed by atoms with E-state index in [0.29, 0.717) is 33.5 Å². The van der Waals surface area contributed by atoms with E-state index in [2.05, 4.69) is 11.4 Å². The summed E-state index contributed by atoms with van der Waals surface area (Å²) in [4.78, 5) is 24.5. The van der Waals surface area contributed by atoms with E-state index in [9.17, 15) is 20.0 Å². The van der Waals surface area contributed by atoms with E-state index in [1.165, 1.54) is 12.1 Å². The molecule has 4 rings (SSSR count). The third-order valence-electron chi connectivity index (χ3n) is 5.27. The molecule has 0 aliphatic rings. The predicted molar refractivity (Wildman–Crippen MR) is 123 cm³/mol. The van der Waals surface area contributed by atoms with Crippen molar-refractivity contribution >= 4 is 22.6 Å². The first-order valence-corrected chi connectivity index (χ1v) is 10.0. The Morgan fingerprint density at radius 3 is 2.62 bits per heavy atom. The summed E-state index contributed by atoms with van der Waals surface area (Å²) in [5.74, 6) is -0.663. The second-order valence-corrected chi connectivity index (χ2v) is 7.62. The Balaban J connectivity index is 1.86. The van der Waals surface area contributed by atoms with E-state index in [1.807, 2.05) is 19.9 Å². The topological polar surface area (TPSA) is 103 Å². The van der Waals surface area contributed by atoms with Crippen LogP contribution in [0.3, 0.4) is 0 Å². The van der Waals surface area contributed by atoms with E-state index in [4.69, 9.17) is 4.42 Å². The number of carboxylic acids is 1. The van der Waals surface area contributed by atoms with Gasteiger partial charge in [0.25, 0.3) is 0 Å². The molecule has 0 saturated heterocycles. The van der Waals surface area contributed by atoms with Gasteiger partial charge in [-0.1, -0.05) is 30.3 Å². The fraction of sp³-hybridized carbons (Fsp3) is 0.115. The molecule has 1 unspecified atom stereocenters. The summed E-state index contributed by atoms with van der Waals surface area (Å²) >= 11 is 0. The van der Waals surface area contributed by atoms with Crippen molar-refractivity contribution in [2.75, 3.05) is 5.32 Å². The number of hydrogen-bond acceptors (Lipinski definition) is 5. The first kappa shape index (κ1) is 20.9. The maximum absolute atomic E-state index is 12.9. The highest BCUT2D eigenvalue weighted by Crippen LogP contribution is 2.31. The lowest BCUT2D eigenvalue weighted by atomic mass is 10.00. The second kappa shape index (κ2) is 8.40. The predicted octanol–water partition coefficient (Wildman–Crippen LogP) is 5.51. The van der Waals surface area contributed by atoms with Gasteiger partial charge in [-0.15, -0.1) is 0 Å². The van der Waals surface area contributed by atoms with Gasteiger partial charge in [0.2, 0.25) is 0 Å². The van der Waals surface area contributed by atoms with Gasteiger partial charge in [0.1, 0.15) is 11.3 Å². The molecule has 6 nitrogen and oxygen atoms in total. The maximum Gasteiger partial charge on any atom is 0.337 e. The third kappa shape index (κ3) is 3.96. The normalized spacial score (nSPS) is 11.7. The Labute approximate surface area is 184 Å². The number of benzene rings is 3. The number of carboxylic acid groups (broad SMARTS) is 1. The number of fused-ring (bicyclic) bond motifs is 1. The molecule has 0 bridgehead atoms. The molecule has 158 valence electrons. The fourth-order valence-corrected chi connectivity index (χ4v) is 3.75. The van der Waals surface area contributed by atoms with Gasteiger partial charge < -0.3 is 14.8 Å². The number of para-hydroxylation sites is 1. The van der Waals surface area contributed by atoms with Crippen molar-refractivity contribution in [1.29, 1.82) is 5.26 Å². The quantitative estimate of drug-likeness (QED) is 0.438. The summed E-state index contributed by atoms with van der Waals surface area (Å²) in [5.41, 5.74) is 3.59. The first-order valence-electron chi connectivity index (χ1n) is 10.0. The summed E-state index contributed by atoms with van der Waals surface area (Å²) in [7, 11) is 0. The van der Waals surface area contributed by atoms with Crippen molar-refractivity contribution in [3.8, 4) is 17.4 Å².